The molecule has 104 valence electrons. The molecule has 1 aromatic rings. The maximum atomic E-state index is 13.3. The highest BCUT2D eigenvalue weighted by Crippen LogP contribution is 2.24. The number of ether oxygens (including phenoxy) is 1. The summed E-state index contributed by atoms with van der Waals surface area (Å²) < 4.78 is 18.2. The molecule has 1 aliphatic rings. The quantitative estimate of drug-likeness (QED) is 0.889. The van der Waals surface area contributed by atoms with E-state index in [2.05, 4.69) is 0 Å². The molecule has 4 nitrogen and oxygen atoms in total. The second-order valence-corrected chi connectivity index (χ2v) is 5.18. The van der Waals surface area contributed by atoms with E-state index >= 15 is 0 Å². The molecule has 5 heteroatoms. The van der Waals surface area contributed by atoms with Crippen molar-refractivity contribution in [2.75, 3.05) is 20.2 Å². The van der Waals surface area contributed by atoms with E-state index in [4.69, 9.17) is 4.74 Å². The number of hydrogen-bond acceptors (Lipinski definition) is 3. The van der Waals surface area contributed by atoms with Crippen molar-refractivity contribution in [2.45, 2.75) is 25.4 Å². The molecule has 0 aliphatic carbocycles. The number of aliphatic hydroxyl groups is 1. The van der Waals surface area contributed by atoms with Gasteiger partial charge in [0, 0.05) is 18.7 Å². The van der Waals surface area contributed by atoms with Gasteiger partial charge in [-0.2, -0.15) is 0 Å². The van der Waals surface area contributed by atoms with Crippen LogP contribution >= 0.6 is 0 Å². The van der Waals surface area contributed by atoms with Crippen molar-refractivity contribution >= 4 is 5.91 Å². The van der Waals surface area contributed by atoms with E-state index in [-0.39, 0.29) is 11.7 Å². The summed E-state index contributed by atoms with van der Waals surface area (Å²) >= 11 is 0. The SMILES string of the molecule is COc1cc(C(=O)N2CCCC(C)(O)C2)ccc1F. The number of amides is 1. The topological polar surface area (TPSA) is 49.8 Å². The van der Waals surface area contributed by atoms with Crippen molar-refractivity contribution in [1.29, 1.82) is 0 Å². The third-order valence-corrected chi connectivity index (χ3v) is 3.36. The van der Waals surface area contributed by atoms with Crippen LogP contribution < -0.4 is 4.74 Å². The largest absolute Gasteiger partial charge is 0.494 e. The van der Waals surface area contributed by atoms with Gasteiger partial charge in [0.2, 0.25) is 0 Å². The molecule has 1 heterocycles. The summed E-state index contributed by atoms with van der Waals surface area (Å²) in [7, 11) is 1.36. The minimum absolute atomic E-state index is 0.0506. The fourth-order valence-electron chi connectivity index (χ4n) is 2.37. The Kier molecular flexibility index (Phi) is 3.75. The fraction of sp³-hybridized carbons (Fsp3) is 0.500. The van der Waals surface area contributed by atoms with E-state index in [0.29, 0.717) is 25.1 Å². The maximum Gasteiger partial charge on any atom is 0.254 e. The summed E-state index contributed by atoms with van der Waals surface area (Å²) in [4.78, 5) is 13.9. The number of nitrogens with zero attached hydrogens (tertiary/aromatic N) is 1. The van der Waals surface area contributed by atoms with Crippen LogP contribution in [-0.2, 0) is 0 Å². The molecular weight excluding hydrogens is 249 g/mol. The summed E-state index contributed by atoms with van der Waals surface area (Å²) in [6.45, 7) is 2.62. The number of benzene rings is 1. The summed E-state index contributed by atoms with van der Waals surface area (Å²) in [6.07, 6.45) is 1.45. The minimum atomic E-state index is -0.849. The minimum Gasteiger partial charge on any atom is -0.494 e. The zero-order valence-electron chi connectivity index (χ0n) is 11.1. The molecule has 1 aliphatic heterocycles. The lowest BCUT2D eigenvalue weighted by molar-refractivity contribution is -0.0107. The second kappa shape index (κ2) is 5.17. The summed E-state index contributed by atoms with van der Waals surface area (Å²) in [6, 6.07) is 4.04. The van der Waals surface area contributed by atoms with Gasteiger partial charge < -0.3 is 14.7 Å². The first-order valence-electron chi connectivity index (χ1n) is 6.28. The Bertz CT molecular complexity index is 488. The molecule has 1 fully saturated rings. The monoisotopic (exact) mass is 267 g/mol. The van der Waals surface area contributed by atoms with Crippen LogP contribution in [0.2, 0.25) is 0 Å². The highest BCUT2D eigenvalue weighted by atomic mass is 19.1. The van der Waals surface area contributed by atoms with Crippen molar-refractivity contribution in [1.82, 2.24) is 4.90 Å². The number of piperidine rings is 1. The number of halogens is 1. The molecule has 2 rings (SSSR count). The van der Waals surface area contributed by atoms with Crippen molar-refractivity contribution < 1.29 is 19.0 Å². The Morgan fingerprint density at radius 3 is 2.89 bits per heavy atom. The Labute approximate surface area is 111 Å². The van der Waals surface area contributed by atoms with E-state index in [1.165, 1.54) is 25.3 Å². The van der Waals surface area contributed by atoms with Gasteiger partial charge in [-0.15, -0.1) is 0 Å². The molecule has 19 heavy (non-hydrogen) atoms. The Morgan fingerprint density at radius 2 is 2.26 bits per heavy atom. The standard InChI is InChI=1S/C14H18FNO3/c1-14(18)6-3-7-16(9-14)13(17)10-4-5-11(15)12(8-10)19-2/h4-5,8,18H,3,6-7,9H2,1-2H3. The Hall–Kier alpha value is -1.62. The predicted molar refractivity (Wildman–Crippen MR) is 68.7 cm³/mol. The van der Waals surface area contributed by atoms with Gasteiger partial charge in [0.15, 0.2) is 11.6 Å². The normalized spacial score (nSPS) is 23.3. The average molecular weight is 267 g/mol. The predicted octanol–water partition coefficient (Wildman–Crippen LogP) is 1.82. The van der Waals surface area contributed by atoms with Crippen LogP contribution in [0.4, 0.5) is 4.39 Å². The van der Waals surface area contributed by atoms with Crippen LogP contribution in [0.25, 0.3) is 0 Å². The van der Waals surface area contributed by atoms with Gasteiger partial charge in [-0.05, 0) is 38.0 Å². The van der Waals surface area contributed by atoms with Crippen LogP contribution in [-0.4, -0.2) is 41.7 Å². The third kappa shape index (κ3) is 3.04. The van der Waals surface area contributed by atoms with Crippen molar-refractivity contribution in [2.24, 2.45) is 0 Å². The lowest BCUT2D eigenvalue weighted by atomic mass is 9.94. The molecule has 1 saturated heterocycles. The number of methoxy groups -OCH3 is 1. The molecule has 1 unspecified atom stereocenters. The number of likely N-dealkylation sites (tertiary alicyclic amines) is 1. The van der Waals surface area contributed by atoms with Crippen LogP contribution in [0.3, 0.4) is 0 Å². The molecule has 0 spiro atoms. The molecule has 1 amide bonds. The first kappa shape index (κ1) is 13.8. The van der Waals surface area contributed by atoms with E-state index in [1.54, 1.807) is 11.8 Å². The van der Waals surface area contributed by atoms with Crippen LogP contribution in [0, 0.1) is 5.82 Å². The first-order valence-corrected chi connectivity index (χ1v) is 6.28. The number of hydrogen-bond donors (Lipinski definition) is 1. The lowest BCUT2D eigenvalue weighted by Crippen LogP contribution is -2.48. The van der Waals surface area contributed by atoms with E-state index in [0.717, 1.165) is 6.42 Å². The molecule has 0 saturated carbocycles. The fourth-order valence-corrected chi connectivity index (χ4v) is 2.37. The summed E-state index contributed by atoms with van der Waals surface area (Å²) in [5.41, 5.74) is -0.478. The zero-order valence-corrected chi connectivity index (χ0v) is 11.1. The van der Waals surface area contributed by atoms with Gasteiger partial charge in [-0.1, -0.05) is 0 Å². The van der Waals surface area contributed by atoms with Crippen LogP contribution in [0.5, 0.6) is 5.75 Å². The molecule has 0 aromatic heterocycles. The molecule has 0 radical (unpaired) electrons. The molecule has 0 bridgehead atoms. The van der Waals surface area contributed by atoms with Crippen LogP contribution in [0.15, 0.2) is 18.2 Å². The van der Waals surface area contributed by atoms with Gasteiger partial charge in [0.25, 0.3) is 5.91 Å². The van der Waals surface area contributed by atoms with Crippen molar-refractivity contribution in [3.63, 3.8) is 0 Å². The van der Waals surface area contributed by atoms with E-state index < -0.39 is 11.4 Å². The van der Waals surface area contributed by atoms with Gasteiger partial charge in [0.1, 0.15) is 0 Å². The molecular formula is C14H18FNO3. The zero-order chi connectivity index (χ0) is 14.0. The second-order valence-electron chi connectivity index (χ2n) is 5.18. The van der Waals surface area contributed by atoms with Crippen molar-refractivity contribution in [3.05, 3.63) is 29.6 Å². The van der Waals surface area contributed by atoms with Gasteiger partial charge in [-0.25, -0.2) is 4.39 Å². The molecule has 1 aromatic carbocycles. The maximum absolute atomic E-state index is 13.3. The number of β-amino-alcohol motifs (C(OH)–C–C–N with tert-alkyl or cyclic N) is 1. The average Bonchev–Trinajstić information content (AvgIpc) is 2.37. The van der Waals surface area contributed by atoms with Crippen LogP contribution in [0.1, 0.15) is 30.1 Å². The highest BCUT2D eigenvalue weighted by Gasteiger charge is 2.31. The van der Waals surface area contributed by atoms with E-state index in [9.17, 15) is 14.3 Å². The van der Waals surface area contributed by atoms with Gasteiger partial charge in [-0.3, -0.25) is 4.79 Å². The molecule has 1 atom stereocenters. The Morgan fingerprint density at radius 1 is 1.53 bits per heavy atom. The lowest BCUT2D eigenvalue weighted by Gasteiger charge is -2.36. The molecule has 1 N–H and O–H groups in total. The van der Waals surface area contributed by atoms with Gasteiger partial charge in [0.05, 0.1) is 12.7 Å². The summed E-state index contributed by atoms with van der Waals surface area (Å²) in [5.74, 6) is -0.655. The number of carbonyl (C=O) groups excluding carboxylic acids is 1. The summed E-state index contributed by atoms with van der Waals surface area (Å²) in [5, 5.41) is 10.0. The highest BCUT2D eigenvalue weighted by molar-refractivity contribution is 5.94. The smallest absolute Gasteiger partial charge is 0.254 e. The number of rotatable bonds is 2. The van der Waals surface area contributed by atoms with E-state index in [1.807, 2.05) is 0 Å². The van der Waals surface area contributed by atoms with Crippen molar-refractivity contribution in [3.8, 4) is 5.75 Å². The third-order valence-electron chi connectivity index (χ3n) is 3.36. The first-order chi connectivity index (χ1) is 8.93. The number of carbonyl (C=O) groups is 1. The Balaban J connectivity index is 2.19. The van der Waals surface area contributed by atoms with Gasteiger partial charge >= 0.3 is 0 Å².